The van der Waals surface area contributed by atoms with Gasteiger partial charge < -0.3 is 5.32 Å². The molecule has 0 saturated carbocycles. The third kappa shape index (κ3) is 3.59. The van der Waals surface area contributed by atoms with Gasteiger partial charge in [-0.1, -0.05) is 23.9 Å². The molecule has 0 unspecified atom stereocenters. The van der Waals surface area contributed by atoms with Crippen molar-refractivity contribution in [2.75, 3.05) is 11.1 Å². The maximum atomic E-state index is 12.2. The van der Waals surface area contributed by atoms with Gasteiger partial charge in [0.1, 0.15) is 4.83 Å². The van der Waals surface area contributed by atoms with Crippen LogP contribution in [-0.4, -0.2) is 21.2 Å². The molecule has 1 N–H and O–H groups in total. The molecule has 8 heteroatoms. The lowest BCUT2D eigenvalue weighted by molar-refractivity contribution is -0.113. The standard InChI is InChI=1S/C15H12IN3O2S2/c1-19-14(21)9-6-7-22-13(9)18-15(19)23-8-12(20)17-11-5-3-2-4-10(11)16/h2-7H,8H2,1H3,(H,17,20). The third-order valence-electron chi connectivity index (χ3n) is 3.14. The minimum Gasteiger partial charge on any atom is -0.324 e. The van der Waals surface area contributed by atoms with Gasteiger partial charge in [-0.05, 0) is 46.2 Å². The van der Waals surface area contributed by atoms with Crippen molar-refractivity contribution >= 4 is 67.5 Å². The van der Waals surface area contributed by atoms with Crippen molar-refractivity contribution in [3.63, 3.8) is 0 Å². The first kappa shape index (κ1) is 16.5. The highest BCUT2D eigenvalue weighted by atomic mass is 127. The summed E-state index contributed by atoms with van der Waals surface area (Å²) in [6.45, 7) is 0. The Morgan fingerprint density at radius 3 is 2.96 bits per heavy atom. The molecule has 2 heterocycles. The molecular weight excluding hydrogens is 445 g/mol. The van der Waals surface area contributed by atoms with Crippen LogP contribution in [0.3, 0.4) is 0 Å². The molecule has 0 spiro atoms. The van der Waals surface area contributed by atoms with Crippen LogP contribution in [0.2, 0.25) is 0 Å². The normalized spacial score (nSPS) is 10.9. The molecule has 1 amide bonds. The van der Waals surface area contributed by atoms with Gasteiger partial charge in [0.25, 0.3) is 5.56 Å². The Balaban J connectivity index is 1.73. The molecule has 5 nitrogen and oxygen atoms in total. The summed E-state index contributed by atoms with van der Waals surface area (Å²) >= 11 is 4.85. The van der Waals surface area contributed by atoms with Crippen LogP contribution in [-0.2, 0) is 11.8 Å². The number of para-hydroxylation sites is 1. The van der Waals surface area contributed by atoms with Gasteiger partial charge >= 0.3 is 0 Å². The molecule has 0 saturated heterocycles. The number of fused-ring (bicyclic) bond motifs is 1. The second kappa shape index (κ2) is 7.02. The summed E-state index contributed by atoms with van der Waals surface area (Å²) in [5, 5.41) is 5.87. The molecule has 118 valence electrons. The van der Waals surface area contributed by atoms with Gasteiger partial charge in [0.2, 0.25) is 5.91 Å². The second-order valence-electron chi connectivity index (χ2n) is 4.71. The summed E-state index contributed by atoms with van der Waals surface area (Å²) in [4.78, 5) is 29.5. The highest BCUT2D eigenvalue weighted by Crippen LogP contribution is 2.21. The molecule has 3 aromatic rings. The molecule has 1 aromatic carbocycles. The van der Waals surface area contributed by atoms with Crippen molar-refractivity contribution in [2.45, 2.75) is 5.16 Å². The first-order valence-electron chi connectivity index (χ1n) is 6.67. The zero-order chi connectivity index (χ0) is 16.4. The lowest BCUT2D eigenvalue weighted by Crippen LogP contribution is -2.21. The van der Waals surface area contributed by atoms with Gasteiger partial charge in [-0.15, -0.1) is 11.3 Å². The summed E-state index contributed by atoms with van der Waals surface area (Å²) in [7, 11) is 1.67. The van der Waals surface area contributed by atoms with Crippen molar-refractivity contribution in [2.24, 2.45) is 7.05 Å². The number of halogens is 1. The third-order valence-corrected chi connectivity index (χ3v) is 5.92. The summed E-state index contributed by atoms with van der Waals surface area (Å²) in [5.41, 5.74) is 0.700. The molecule has 0 radical (unpaired) electrons. The van der Waals surface area contributed by atoms with E-state index in [1.54, 1.807) is 13.1 Å². The van der Waals surface area contributed by atoms with E-state index in [9.17, 15) is 9.59 Å². The molecule has 0 fully saturated rings. The van der Waals surface area contributed by atoms with E-state index in [2.05, 4.69) is 32.9 Å². The number of thioether (sulfide) groups is 1. The van der Waals surface area contributed by atoms with Gasteiger partial charge in [-0.25, -0.2) is 4.98 Å². The molecule has 23 heavy (non-hydrogen) atoms. The van der Waals surface area contributed by atoms with E-state index >= 15 is 0 Å². The lowest BCUT2D eigenvalue weighted by Gasteiger charge is -2.08. The van der Waals surface area contributed by atoms with Crippen molar-refractivity contribution in [1.29, 1.82) is 0 Å². The average molecular weight is 457 g/mol. The summed E-state index contributed by atoms with van der Waals surface area (Å²) in [5.74, 6) is 0.0712. The van der Waals surface area contributed by atoms with Crippen molar-refractivity contribution < 1.29 is 4.79 Å². The van der Waals surface area contributed by atoms with Crippen LogP contribution < -0.4 is 10.9 Å². The Morgan fingerprint density at radius 2 is 2.17 bits per heavy atom. The maximum absolute atomic E-state index is 12.2. The number of carbonyl (C=O) groups is 1. The minimum absolute atomic E-state index is 0.0863. The summed E-state index contributed by atoms with van der Waals surface area (Å²) in [6, 6.07) is 9.35. The smallest absolute Gasteiger partial charge is 0.262 e. The van der Waals surface area contributed by atoms with Crippen LogP contribution in [0.25, 0.3) is 10.2 Å². The number of amides is 1. The number of nitrogens with one attached hydrogen (secondary N) is 1. The van der Waals surface area contributed by atoms with Crippen molar-refractivity contribution in [3.8, 4) is 0 Å². The van der Waals surface area contributed by atoms with Crippen LogP contribution in [0.4, 0.5) is 5.69 Å². The zero-order valence-electron chi connectivity index (χ0n) is 12.1. The molecular formula is C15H12IN3O2S2. The van der Waals surface area contributed by atoms with Crippen LogP contribution in [0.15, 0.2) is 45.7 Å². The first-order valence-corrected chi connectivity index (χ1v) is 9.62. The van der Waals surface area contributed by atoms with Gasteiger partial charge in [0.05, 0.1) is 16.8 Å². The summed E-state index contributed by atoms with van der Waals surface area (Å²) < 4.78 is 2.47. The zero-order valence-corrected chi connectivity index (χ0v) is 15.9. The van der Waals surface area contributed by atoms with E-state index < -0.39 is 0 Å². The first-order chi connectivity index (χ1) is 11.1. The van der Waals surface area contributed by atoms with Crippen molar-refractivity contribution in [1.82, 2.24) is 9.55 Å². The maximum Gasteiger partial charge on any atom is 0.262 e. The van der Waals surface area contributed by atoms with Gasteiger partial charge in [-0.2, -0.15) is 0 Å². The Labute approximate surface area is 154 Å². The average Bonchev–Trinajstić information content (AvgIpc) is 3.00. The molecule has 0 bridgehead atoms. The Bertz CT molecular complexity index is 936. The highest BCUT2D eigenvalue weighted by molar-refractivity contribution is 14.1. The number of hydrogen-bond acceptors (Lipinski definition) is 5. The summed E-state index contributed by atoms with van der Waals surface area (Å²) in [6.07, 6.45) is 0. The topological polar surface area (TPSA) is 64.0 Å². The number of aromatic nitrogens is 2. The fourth-order valence-electron chi connectivity index (χ4n) is 1.99. The molecule has 0 atom stereocenters. The lowest BCUT2D eigenvalue weighted by atomic mass is 10.3. The van der Waals surface area contributed by atoms with E-state index in [1.807, 2.05) is 29.6 Å². The van der Waals surface area contributed by atoms with E-state index in [4.69, 9.17) is 0 Å². The van der Waals surface area contributed by atoms with E-state index in [0.717, 1.165) is 9.26 Å². The molecule has 0 aliphatic carbocycles. The number of anilines is 1. The molecule has 0 aliphatic rings. The largest absolute Gasteiger partial charge is 0.324 e. The number of thiophene rings is 1. The fourth-order valence-corrected chi connectivity index (χ4v) is 4.09. The molecule has 0 aliphatic heterocycles. The highest BCUT2D eigenvalue weighted by Gasteiger charge is 2.12. The predicted octanol–water partition coefficient (Wildman–Crippen LogP) is 3.33. The van der Waals surface area contributed by atoms with Crippen LogP contribution in [0, 0.1) is 3.57 Å². The Hall–Kier alpha value is -1.39. The number of nitrogens with zero attached hydrogens (tertiary/aromatic N) is 2. The second-order valence-corrected chi connectivity index (χ2v) is 7.71. The van der Waals surface area contributed by atoms with Crippen LogP contribution in [0.1, 0.15) is 0 Å². The SMILES string of the molecule is Cn1c(SCC(=O)Nc2ccccc2I)nc2sccc2c1=O. The van der Waals surface area contributed by atoms with Gasteiger partial charge in [-0.3, -0.25) is 14.2 Å². The number of carbonyl (C=O) groups excluding carboxylic acids is 1. The predicted molar refractivity (Wildman–Crippen MR) is 103 cm³/mol. The quantitative estimate of drug-likeness (QED) is 0.371. The minimum atomic E-state index is -0.125. The van der Waals surface area contributed by atoms with Crippen LogP contribution in [0.5, 0.6) is 0 Å². The van der Waals surface area contributed by atoms with Gasteiger partial charge in [0.15, 0.2) is 5.16 Å². The Kier molecular flexibility index (Phi) is 5.02. The van der Waals surface area contributed by atoms with Gasteiger partial charge in [0, 0.05) is 10.6 Å². The van der Waals surface area contributed by atoms with Crippen molar-refractivity contribution in [3.05, 3.63) is 49.6 Å². The van der Waals surface area contributed by atoms with E-state index in [1.165, 1.54) is 27.7 Å². The number of benzene rings is 1. The number of rotatable bonds is 4. The number of hydrogen-bond donors (Lipinski definition) is 1. The molecule has 2 aromatic heterocycles. The monoisotopic (exact) mass is 457 g/mol. The van der Waals surface area contributed by atoms with E-state index in [-0.39, 0.29) is 17.2 Å². The van der Waals surface area contributed by atoms with E-state index in [0.29, 0.717) is 15.4 Å². The fraction of sp³-hybridized carbons (Fsp3) is 0.133. The molecule has 3 rings (SSSR count). The Morgan fingerprint density at radius 1 is 1.39 bits per heavy atom. The van der Waals surface area contributed by atoms with Crippen LogP contribution >= 0.6 is 45.7 Å².